The maximum Gasteiger partial charge on any atom is 0.220 e. The highest BCUT2D eigenvalue weighted by molar-refractivity contribution is 5.76. The van der Waals surface area contributed by atoms with Crippen LogP contribution in [-0.4, -0.2) is 43.0 Å². The first-order valence-electron chi connectivity index (χ1n) is 6.84. The molecule has 2 atom stereocenters. The molecule has 17 heavy (non-hydrogen) atoms. The summed E-state index contributed by atoms with van der Waals surface area (Å²) in [5, 5.41) is 3.01. The molecule has 0 aliphatic carbocycles. The first-order valence-corrected chi connectivity index (χ1v) is 6.84. The van der Waals surface area contributed by atoms with E-state index in [0.29, 0.717) is 19.0 Å². The summed E-state index contributed by atoms with van der Waals surface area (Å²) >= 11 is 0. The topological polar surface area (TPSA) is 58.4 Å². The van der Waals surface area contributed by atoms with E-state index in [4.69, 9.17) is 5.73 Å². The Hall–Kier alpha value is -0.610. The molecule has 3 N–H and O–H groups in total. The molecular formula is C13H27N3O. The minimum absolute atomic E-state index is 0.131. The van der Waals surface area contributed by atoms with Crippen LogP contribution in [0.2, 0.25) is 0 Å². The van der Waals surface area contributed by atoms with E-state index in [-0.39, 0.29) is 11.8 Å². The van der Waals surface area contributed by atoms with Crippen LogP contribution in [0.25, 0.3) is 0 Å². The average molecular weight is 241 g/mol. The summed E-state index contributed by atoms with van der Waals surface area (Å²) in [7, 11) is 0. The van der Waals surface area contributed by atoms with E-state index >= 15 is 0 Å². The maximum atomic E-state index is 11.6. The molecule has 0 spiro atoms. The number of nitrogens with two attached hydrogens (primary N) is 1. The van der Waals surface area contributed by atoms with E-state index in [1.54, 1.807) is 0 Å². The number of hydrogen-bond acceptors (Lipinski definition) is 3. The predicted octanol–water partition coefficient (Wildman–Crippen LogP) is 0.962. The first-order chi connectivity index (χ1) is 8.13. The fraction of sp³-hybridized carbons (Fsp3) is 0.923. The van der Waals surface area contributed by atoms with E-state index in [1.807, 2.05) is 6.92 Å². The Kier molecular flexibility index (Phi) is 6.52. The van der Waals surface area contributed by atoms with Crippen LogP contribution in [0, 0.1) is 5.92 Å². The molecular weight excluding hydrogens is 214 g/mol. The van der Waals surface area contributed by atoms with Crippen LogP contribution >= 0.6 is 0 Å². The molecule has 1 saturated heterocycles. The van der Waals surface area contributed by atoms with E-state index in [9.17, 15) is 4.79 Å². The fourth-order valence-electron chi connectivity index (χ4n) is 2.22. The van der Waals surface area contributed by atoms with Crippen LogP contribution in [0.5, 0.6) is 0 Å². The minimum atomic E-state index is 0.131. The summed E-state index contributed by atoms with van der Waals surface area (Å²) in [6.45, 7) is 7.89. The van der Waals surface area contributed by atoms with Crippen molar-refractivity contribution in [2.75, 3.05) is 26.2 Å². The molecule has 1 heterocycles. The Morgan fingerprint density at radius 2 is 1.94 bits per heavy atom. The molecule has 100 valence electrons. The van der Waals surface area contributed by atoms with Gasteiger partial charge in [-0.2, -0.15) is 0 Å². The van der Waals surface area contributed by atoms with Gasteiger partial charge in [-0.15, -0.1) is 0 Å². The van der Waals surface area contributed by atoms with Crippen LogP contribution in [0.1, 0.15) is 39.5 Å². The van der Waals surface area contributed by atoms with E-state index < -0.39 is 0 Å². The van der Waals surface area contributed by atoms with Gasteiger partial charge in [-0.1, -0.05) is 13.3 Å². The Morgan fingerprint density at radius 1 is 1.29 bits per heavy atom. The molecule has 0 bridgehead atoms. The van der Waals surface area contributed by atoms with Crippen molar-refractivity contribution in [1.82, 2.24) is 10.2 Å². The van der Waals surface area contributed by atoms with Crippen molar-refractivity contribution < 1.29 is 4.79 Å². The lowest BCUT2D eigenvalue weighted by Crippen LogP contribution is -2.44. The molecule has 1 fully saturated rings. The average Bonchev–Trinajstić information content (AvgIpc) is 2.36. The van der Waals surface area contributed by atoms with Gasteiger partial charge in [-0.05, 0) is 45.3 Å². The summed E-state index contributed by atoms with van der Waals surface area (Å²) < 4.78 is 0. The molecule has 1 rings (SSSR count). The smallest absolute Gasteiger partial charge is 0.220 e. The summed E-state index contributed by atoms with van der Waals surface area (Å²) in [4.78, 5) is 14.1. The molecule has 4 nitrogen and oxygen atoms in total. The van der Waals surface area contributed by atoms with Gasteiger partial charge < -0.3 is 11.1 Å². The first kappa shape index (κ1) is 14.5. The summed E-state index contributed by atoms with van der Waals surface area (Å²) in [5.41, 5.74) is 5.50. The number of hydrogen-bond donors (Lipinski definition) is 2. The molecule has 0 aromatic carbocycles. The normalized spacial score (nSPS) is 20.9. The number of carbonyl (C=O) groups is 1. The lowest BCUT2D eigenvalue weighted by atomic mass is 10.1. The van der Waals surface area contributed by atoms with Crippen molar-refractivity contribution in [2.45, 2.75) is 45.6 Å². The molecule has 0 radical (unpaired) electrons. The van der Waals surface area contributed by atoms with Gasteiger partial charge in [0.2, 0.25) is 5.91 Å². The van der Waals surface area contributed by atoms with Crippen LogP contribution in [0.4, 0.5) is 0 Å². The van der Waals surface area contributed by atoms with E-state index in [0.717, 1.165) is 6.54 Å². The van der Waals surface area contributed by atoms with Crippen molar-refractivity contribution in [1.29, 1.82) is 0 Å². The van der Waals surface area contributed by atoms with Gasteiger partial charge in [-0.25, -0.2) is 0 Å². The highest BCUT2D eigenvalue weighted by Crippen LogP contribution is 2.11. The van der Waals surface area contributed by atoms with Crippen molar-refractivity contribution in [3.63, 3.8) is 0 Å². The second-order valence-electron chi connectivity index (χ2n) is 5.29. The zero-order valence-electron chi connectivity index (χ0n) is 11.2. The Labute approximate surface area is 105 Å². The quantitative estimate of drug-likeness (QED) is 0.728. The van der Waals surface area contributed by atoms with Gasteiger partial charge in [0.1, 0.15) is 0 Å². The highest BCUT2D eigenvalue weighted by Gasteiger charge is 2.17. The number of carbonyl (C=O) groups excluding carboxylic acids is 1. The van der Waals surface area contributed by atoms with Crippen molar-refractivity contribution in [3.8, 4) is 0 Å². The second kappa shape index (κ2) is 7.67. The third-order valence-electron chi connectivity index (χ3n) is 3.54. The Balaban J connectivity index is 2.17. The number of nitrogens with zero attached hydrogens (tertiary/aromatic N) is 1. The molecule has 0 aromatic heterocycles. The molecule has 0 saturated carbocycles. The summed E-state index contributed by atoms with van der Waals surface area (Å²) in [6.07, 6.45) is 4.48. The van der Waals surface area contributed by atoms with Crippen molar-refractivity contribution in [3.05, 3.63) is 0 Å². The molecule has 2 unspecified atom stereocenters. The largest absolute Gasteiger partial charge is 0.355 e. The zero-order valence-corrected chi connectivity index (χ0v) is 11.2. The van der Waals surface area contributed by atoms with Gasteiger partial charge in [0.25, 0.3) is 0 Å². The standard InChI is InChI=1S/C13H27N3O/c1-11(9-14)8-13(17)15-10-12(2)16-6-4-3-5-7-16/h11-12H,3-10,14H2,1-2H3,(H,15,17). The second-order valence-corrected chi connectivity index (χ2v) is 5.29. The zero-order chi connectivity index (χ0) is 12.7. The number of nitrogens with one attached hydrogen (secondary N) is 1. The van der Waals surface area contributed by atoms with Crippen molar-refractivity contribution >= 4 is 5.91 Å². The predicted molar refractivity (Wildman–Crippen MR) is 70.7 cm³/mol. The molecule has 0 aromatic rings. The van der Waals surface area contributed by atoms with Crippen LogP contribution in [0.3, 0.4) is 0 Å². The van der Waals surface area contributed by atoms with E-state index in [2.05, 4.69) is 17.1 Å². The summed E-state index contributed by atoms with van der Waals surface area (Å²) in [6, 6.07) is 0.451. The maximum absolute atomic E-state index is 11.6. The number of amides is 1. The minimum Gasteiger partial charge on any atom is -0.355 e. The Morgan fingerprint density at radius 3 is 2.53 bits per heavy atom. The lowest BCUT2D eigenvalue weighted by Gasteiger charge is -2.32. The van der Waals surface area contributed by atoms with Crippen LogP contribution < -0.4 is 11.1 Å². The molecule has 1 aliphatic rings. The lowest BCUT2D eigenvalue weighted by molar-refractivity contribution is -0.122. The number of rotatable bonds is 6. The summed E-state index contributed by atoms with van der Waals surface area (Å²) in [5.74, 6) is 0.409. The SMILES string of the molecule is CC(CN)CC(=O)NCC(C)N1CCCCC1. The third kappa shape index (κ3) is 5.50. The van der Waals surface area contributed by atoms with E-state index in [1.165, 1.54) is 32.4 Å². The van der Waals surface area contributed by atoms with Gasteiger partial charge >= 0.3 is 0 Å². The van der Waals surface area contributed by atoms with Gasteiger partial charge in [0.05, 0.1) is 0 Å². The third-order valence-corrected chi connectivity index (χ3v) is 3.54. The molecule has 1 amide bonds. The monoisotopic (exact) mass is 241 g/mol. The number of likely N-dealkylation sites (tertiary alicyclic amines) is 1. The fourth-order valence-corrected chi connectivity index (χ4v) is 2.22. The van der Waals surface area contributed by atoms with Crippen LogP contribution in [-0.2, 0) is 4.79 Å². The van der Waals surface area contributed by atoms with Crippen LogP contribution in [0.15, 0.2) is 0 Å². The molecule has 4 heteroatoms. The van der Waals surface area contributed by atoms with Gasteiger partial charge in [0, 0.05) is 19.0 Å². The Bertz CT molecular complexity index is 227. The van der Waals surface area contributed by atoms with Gasteiger partial charge in [0.15, 0.2) is 0 Å². The van der Waals surface area contributed by atoms with Gasteiger partial charge in [-0.3, -0.25) is 9.69 Å². The number of piperidine rings is 1. The molecule has 1 aliphatic heterocycles. The highest BCUT2D eigenvalue weighted by atomic mass is 16.1. The van der Waals surface area contributed by atoms with Crippen molar-refractivity contribution in [2.24, 2.45) is 11.7 Å².